The minimum atomic E-state index is -5.08. The lowest BCUT2D eigenvalue weighted by atomic mass is 10.1. The highest BCUT2D eigenvalue weighted by Gasteiger charge is 2.42. The number of rotatable bonds is 4. The van der Waals surface area contributed by atoms with Crippen LogP contribution in [0.25, 0.3) is 0 Å². The zero-order valence-electron chi connectivity index (χ0n) is 24.8. The molecule has 0 spiro atoms. The molecule has 2 aromatic heterocycles. The zero-order chi connectivity index (χ0) is 39.1. The molecule has 2 aliphatic heterocycles. The van der Waals surface area contributed by atoms with Gasteiger partial charge in [0, 0.05) is 63.1 Å². The molecule has 2 saturated heterocycles. The fourth-order valence-electron chi connectivity index (χ4n) is 4.01. The average molecular weight is 750 g/mol. The Morgan fingerprint density at radius 1 is 0.560 bits per heavy atom. The van der Waals surface area contributed by atoms with Crippen LogP contribution in [0.1, 0.15) is 24.0 Å². The van der Waals surface area contributed by atoms with E-state index >= 15 is 0 Å². The normalized spacial score (nSPS) is 17.5. The smallest absolute Gasteiger partial charge is 0.475 e. The van der Waals surface area contributed by atoms with E-state index in [1.54, 1.807) is 0 Å². The second-order valence-corrected chi connectivity index (χ2v) is 9.59. The van der Waals surface area contributed by atoms with Gasteiger partial charge in [-0.1, -0.05) is 12.1 Å². The van der Waals surface area contributed by atoms with Crippen molar-refractivity contribution in [2.24, 2.45) is 0 Å². The number of aromatic nitrogens is 2. The Morgan fingerprint density at radius 3 is 0.980 bits per heavy atom. The third-order valence-corrected chi connectivity index (χ3v) is 5.99. The number of fused-ring (bicyclic) bond motifs is 1. The first-order valence-corrected chi connectivity index (χ1v) is 13.1. The molecule has 4 heterocycles. The quantitative estimate of drug-likeness (QED) is 0.312. The van der Waals surface area contributed by atoms with E-state index in [-0.39, 0.29) is 0 Å². The van der Waals surface area contributed by atoms with Crippen LogP contribution < -0.4 is 0 Å². The van der Waals surface area contributed by atoms with Gasteiger partial charge in [0.2, 0.25) is 0 Å². The molecule has 0 aromatic carbocycles. The van der Waals surface area contributed by atoms with Crippen molar-refractivity contribution >= 4 is 23.9 Å². The van der Waals surface area contributed by atoms with Gasteiger partial charge in [0.25, 0.3) is 0 Å². The maximum Gasteiger partial charge on any atom is 0.490 e. The van der Waals surface area contributed by atoms with E-state index in [1.165, 1.54) is 37.1 Å². The van der Waals surface area contributed by atoms with Gasteiger partial charge in [-0.3, -0.25) is 19.8 Å². The predicted molar refractivity (Wildman–Crippen MR) is 141 cm³/mol. The van der Waals surface area contributed by atoms with Crippen molar-refractivity contribution in [1.82, 2.24) is 19.8 Å². The first-order chi connectivity index (χ1) is 22.7. The third-order valence-electron chi connectivity index (χ3n) is 5.99. The number of likely N-dealkylation sites (tertiary alicyclic amines) is 2. The summed E-state index contributed by atoms with van der Waals surface area (Å²) in [6.07, 6.45) is -10.1. The lowest BCUT2D eigenvalue weighted by molar-refractivity contribution is -0.193. The Labute approximate surface area is 272 Å². The maximum atomic E-state index is 10.6. The van der Waals surface area contributed by atoms with Crippen molar-refractivity contribution in [2.45, 2.75) is 62.7 Å². The Balaban J connectivity index is 0.000000711. The molecule has 0 aliphatic carbocycles. The van der Waals surface area contributed by atoms with Crippen molar-refractivity contribution in [1.29, 1.82) is 0 Å². The fraction of sp³-hybridized carbons (Fsp3) is 0.462. The van der Waals surface area contributed by atoms with Crippen LogP contribution in [0.2, 0.25) is 0 Å². The first kappa shape index (κ1) is 45.3. The molecule has 0 unspecified atom stereocenters. The van der Waals surface area contributed by atoms with E-state index in [9.17, 15) is 52.7 Å². The Bertz CT molecular complexity index is 1210. The zero-order valence-corrected chi connectivity index (χ0v) is 24.8. The van der Waals surface area contributed by atoms with Crippen LogP contribution in [0.4, 0.5) is 52.7 Å². The van der Waals surface area contributed by atoms with E-state index < -0.39 is 48.6 Å². The van der Waals surface area contributed by atoms with Crippen LogP contribution in [-0.2, 0) is 32.3 Å². The Hall–Kier alpha value is -4.74. The monoisotopic (exact) mass is 750 g/mol. The van der Waals surface area contributed by atoms with Crippen LogP contribution in [0.5, 0.6) is 0 Å². The second kappa shape index (κ2) is 19.4. The lowest BCUT2D eigenvalue weighted by Gasteiger charge is -2.25. The summed E-state index contributed by atoms with van der Waals surface area (Å²) in [5.74, 6) is -11.0. The van der Waals surface area contributed by atoms with Gasteiger partial charge in [0.1, 0.15) is 0 Å². The predicted octanol–water partition coefficient (Wildman–Crippen LogP) is 4.86. The molecule has 2 fully saturated rings. The molecule has 2 aromatic rings. The molecular formula is C26H26F12N4O8. The summed E-state index contributed by atoms with van der Waals surface area (Å²) in [4.78, 5) is 49.3. The van der Waals surface area contributed by atoms with Gasteiger partial charge < -0.3 is 20.4 Å². The molecule has 12 nitrogen and oxygen atoms in total. The Kier molecular flexibility index (Phi) is 17.6. The summed E-state index contributed by atoms with van der Waals surface area (Å²) in [5, 5.41) is 28.5. The van der Waals surface area contributed by atoms with Crippen LogP contribution in [-0.4, -0.2) is 114 Å². The maximum absolute atomic E-state index is 10.6. The van der Waals surface area contributed by atoms with Gasteiger partial charge in [-0.15, -0.1) is 0 Å². The van der Waals surface area contributed by atoms with E-state index in [1.807, 2.05) is 36.9 Å². The fourth-order valence-corrected chi connectivity index (χ4v) is 4.01. The van der Waals surface area contributed by atoms with Crippen LogP contribution in [0.15, 0.2) is 49.1 Å². The number of pyridine rings is 2. The highest BCUT2D eigenvalue weighted by molar-refractivity contribution is 5.74. The van der Waals surface area contributed by atoms with E-state index in [4.69, 9.17) is 39.6 Å². The van der Waals surface area contributed by atoms with Crippen molar-refractivity contribution in [2.75, 3.05) is 13.1 Å². The van der Waals surface area contributed by atoms with Crippen LogP contribution in [0, 0.1) is 0 Å². The molecule has 4 rings (SSSR count). The third kappa shape index (κ3) is 18.1. The van der Waals surface area contributed by atoms with E-state index in [0.29, 0.717) is 12.1 Å². The summed E-state index contributed by atoms with van der Waals surface area (Å²) in [7, 11) is 0. The van der Waals surface area contributed by atoms with Crippen molar-refractivity contribution < 1.29 is 92.3 Å². The minimum absolute atomic E-state index is 0.705. The second-order valence-electron chi connectivity index (χ2n) is 9.59. The highest BCUT2D eigenvalue weighted by atomic mass is 19.4. The number of hydrogen-bond acceptors (Lipinski definition) is 8. The number of hydrogen-bond donors (Lipinski definition) is 4. The van der Waals surface area contributed by atoms with Crippen LogP contribution >= 0.6 is 0 Å². The molecule has 24 heteroatoms. The SMILES string of the molecule is O=C(O)C(F)(F)F.O=C(O)C(F)(F)F.O=C(O)C(F)(F)F.O=C(O)C(F)(F)F.c1cncc(CN2CC[C@H]3[C@H]2CCN3Cc2cccnc2)c1. The standard InChI is InChI=1S/C18H22N4.4C2HF3O2/c1-3-15(11-19-7-1)13-21-9-5-18-17(21)6-10-22(18)14-16-4-2-8-20-12-16;4*3-2(4,5)1(6)7/h1-4,7-8,11-12,17-18H,5-6,9-10,13-14H2;4*(H,6,7)/t17-,18+;;;;. The number of nitrogens with zero attached hydrogens (tertiary/aromatic N) is 4. The van der Waals surface area contributed by atoms with Crippen molar-refractivity contribution in [3.05, 3.63) is 60.2 Å². The molecule has 0 bridgehead atoms. The average Bonchev–Trinajstić information content (AvgIpc) is 3.56. The molecule has 2 aliphatic rings. The Morgan fingerprint density at radius 2 is 0.800 bits per heavy atom. The van der Waals surface area contributed by atoms with Gasteiger partial charge in [0.15, 0.2) is 0 Å². The number of carboxylic acids is 4. The summed E-state index contributed by atoms with van der Waals surface area (Å²) < 4.78 is 127. The molecule has 2 atom stereocenters. The largest absolute Gasteiger partial charge is 0.490 e. The highest BCUT2D eigenvalue weighted by Crippen LogP contribution is 2.33. The van der Waals surface area contributed by atoms with Gasteiger partial charge in [-0.2, -0.15) is 52.7 Å². The first-order valence-electron chi connectivity index (χ1n) is 13.1. The van der Waals surface area contributed by atoms with E-state index in [2.05, 4.69) is 31.9 Å². The molecular weight excluding hydrogens is 724 g/mol. The number of aliphatic carboxylic acids is 4. The molecule has 282 valence electrons. The minimum Gasteiger partial charge on any atom is -0.475 e. The van der Waals surface area contributed by atoms with Gasteiger partial charge in [-0.25, -0.2) is 19.2 Å². The number of halogens is 12. The molecule has 4 N–H and O–H groups in total. The topological polar surface area (TPSA) is 181 Å². The van der Waals surface area contributed by atoms with Gasteiger partial charge in [-0.05, 0) is 36.1 Å². The summed E-state index contributed by atoms with van der Waals surface area (Å²) in [6.45, 7) is 4.48. The molecule has 0 saturated carbocycles. The number of alkyl halides is 12. The number of carboxylic acid groups (broad SMARTS) is 4. The van der Waals surface area contributed by atoms with Gasteiger partial charge in [0.05, 0.1) is 0 Å². The van der Waals surface area contributed by atoms with Crippen molar-refractivity contribution in [3.63, 3.8) is 0 Å². The summed E-state index contributed by atoms with van der Waals surface area (Å²) >= 11 is 0. The van der Waals surface area contributed by atoms with Gasteiger partial charge >= 0.3 is 48.6 Å². The number of carbonyl (C=O) groups is 4. The summed E-state index contributed by atoms with van der Waals surface area (Å²) in [5.41, 5.74) is 2.66. The molecule has 0 amide bonds. The summed E-state index contributed by atoms with van der Waals surface area (Å²) in [6, 6.07) is 9.85. The van der Waals surface area contributed by atoms with E-state index in [0.717, 1.165) is 13.1 Å². The van der Waals surface area contributed by atoms with Crippen LogP contribution in [0.3, 0.4) is 0 Å². The molecule has 0 radical (unpaired) electrons. The van der Waals surface area contributed by atoms with Crippen molar-refractivity contribution in [3.8, 4) is 0 Å². The molecule has 50 heavy (non-hydrogen) atoms. The lowest BCUT2D eigenvalue weighted by Crippen LogP contribution is -2.36.